The lowest BCUT2D eigenvalue weighted by Gasteiger charge is -2.40. The predicted molar refractivity (Wildman–Crippen MR) is 95.0 cm³/mol. The fourth-order valence-electron chi connectivity index (χ4n) is 2.98. The van der Waals surface area contributed by atoms with Crippen LogP contribution in [0.3, 0.4) is 0 Å². The summed E-state index contributed by atoms with van der Waals surface area (Å²) in [6, 6.07) is 12.1. The number of aliphatic imine (C=N–C) groups is 1. The maximum Gasteiger partial charge on any atom is 0.123 e. The van der Waals surface area contributed by atoms with Crippen LogP contribution in [0.2, 0.25) is 0 Å². The molecule has 0 bridgehead atoms. The van der Waals surface area contributed by atoms with Gasteiger partial charge in [-0.15, -0.1) is 0 Å². The third-order valence-electron chi connectivity index (χ3n) is 4.17. The van der Waals surface area contributed by atoms with Crippen LogP contribution in [0.1, 0.15) is 17.0 Å². The first-order valence-electron chi connectivity index (χ1n) is 7.37. The van der Waals surface area contributed by atoms with Crippen molar-refractivity contribution < 1.29 is 8.78 Å². The second-order valence-corrected chi connectivity index (χ2v) is 6.70. The van der Waals surface area contributed by atoms with E-state index in [-0.39, 0.29) is 11.6 Å². The molecule has 0 spiro atoms. The number of nitrogens with zero attached hydrogens (tertiary/aromatic N) is 1. The molecule has 0 saturated carbocycles. The van der Waals surface area contributed by atoms with Crippen LogP contribution in [-0.2, 0) is 0 Å². The summed E-state index contributed by atoms with van der Waals surface area (Å²) in [5, 5.41) is 0. The predicted octanol–water partition coefficient (Wildman–Crippen LogP) is 3.44. The molecule has 0 saturated heterocycles. The van der Waals surface area contributed by atoms with Crippen LogP contribution in [0.25, 0.3) is 0 Å². The monoisotopic (exact) mass is 391 g/mol. The molecule has 2 aromatic rings. The van der Waals surface area contributed by atoms with Crippen LogP contribution >= 0.6 is 15.9 Å². The van der Waals surface area contributed by atoms with Crippen molar-refractivity contribution in [2.75, 3.05) is 0 Å². The van der Waals surface area contributed by atoms with Crippen molar-refractivity contribution >= 4 is 22.1 Å². The molecular weight excluding hydrogens is 376 g/mol. The molecule has 124 valence electrons. The van der Waals surface area contributed by atoms with Crippen LogP contribution in [0.15, 0.2) is 64.1 Å². The van der Waals surface area contributed by atoms with E-state index in [9.17, 15) is 8.78 Å². The molecule has 4 N–H and O–H groups in total. The Kier molecular flexibility index (Phi) is 4.62. The van der Waals surface area contributed by atoms with Gasteiger partial charge in [-0.05, 0) is 57.4 Å². The Balaban J connectivity index is 2.16. The summed E-state index contributed by atoms with van der Waals surface area (Å²) in [5.74, 6) is -1.10. The number of hydrogen-bond donors (Lipinski definition) is 2. The van der Waals surface area contributed by atoms with E-state index in [1.54, 1.807) is 36.6 Å². The van der Waals surface area contributed by atoms with E-state index >= 15 is 0 Å². The fraction of sp³-hybridized carbons (Fsp3) is 0.167. The van der Waals surface area contributed by atoms with Gasteiger partial charge in [0.25, 0.3) is 0 Å². The van der Waals surface area contributed by atoms with Gasteiger partial charge >= 0.3 is 0 Å². The summed E-state index contributed by atoms with van der Waals surface area (Å²) in [5.41, 5.74) is 13.3. The van der Waals surface area contributed by atoms with Crippen molar-refractivity contribution in [2.24, 2.45) is 16.5 Å². The Morgan fingerprint density at radius 1 is 0.958 bits per heavy atom. The third-order valence-corrected chi connectivity index (χ3v) is 4.60. The summed E-state index contributed by atoms with van der Waals surface area (Å²) in [4.78, 5) is 4.24. The smallest absolute Gasteiger partial charge is 0.123 e. The van der Waals surface area contributed by atoms with Crippen molar-refractivity contribution in [3.8, 4) is 0 Å². The zero-order valence-corrected chi connectivity index (χ0v) is 14.3. The van der Waals surface area contributed by atoms with Crippen LogP contribution in [0.5, 0.6) is 0 Å². The molecule has 2 atom stereocenters. The van der Waals surface area contributed by atoms with E-state index in [4.69, 9.17) is 11.5 Å². The highest BCUT2D eigenvalue weighted by molar-refractivity contribution is 9.12. The maximum atomic E-state index is 13.3. The van der Waals surface area contributed by atoms with Crippen molar-refractivity contribution in [1.29, 1.82) is 0 Å². The van der Waals surface area contributed by atoms with Crippen molar-refractivity contribution in [2.45, 2.75) is 17.6 Å². The average molecular weight is 392 g/mol. The minimum atomic E-state index is -1.05. The van der Waals surface area contributed by atoms with E-state index < -0.39 is 17.6 Å². The van der Waals surface area contributed by atoms with Crippen molar-refractivity contribution in [3.63, 3.8) is 0 Å². The van der Waals surface area contributed by atoms with Crippen LogP contribution in [-0.4, -0.2) is 17.9 Å². The van der Waals surface area contributed by atoms with Gasteiger partial charge in [-0.25, -0.2) is 8.78 Å². The van der Waals surface area contributed by atoms with Crippen molar-refractivity contribution in [3.05, 3.63) is 81.9 Å². The standard InChI is InChI=1S/C18H16BrF2N3/c19-13-9-18(23,17(22)24-10-13)16(11-1-5-14(20)6-2-11)12-3-7-15(21)8-4-12/h1-10,16-17H,22-23H2. The molecule has 1 aliphatic rings. The highest BCUT2D eigenvalue weighted by Crippen LogP contribution is 2.39. The van der Waals surface area contributed by atoms with Gasteiger partial charge in [0.2, 0.25) is 0 Å². The van der Waals surface area contributed by atoms with Gasteiger partial charge in [0, 0.05) is 16.6 Å². The third kappa shape index (κ3) is 3.17. The number of allylic oxidation sites excluding steroid dienone is 1. The molecule has 0 amide bonds. The van der Waals surface area contributed by atoms with E-state index in [1.807, 2.05) is 0 Å². The number of halogens is 3. The number of benzene rings is 2. The van der Waals surface area contributed by atoms with E-state index in [2.05, 4.69) is 20.9 Å². The molecule has 0 aromatic heterocycles. The molecule has 2 aromatic carbocycles. The molecule has 2 unspecified atom stereocenters. The van der Waals surface area contributed by atoms with Crippen LogP contribution < -0.4 is 11.5 Å². The average Bonchev–Trinajstić information content (AvgIpc) is 2.55. The molecule has 1 aliphatic heterocycles. The first kappa shape index (κ1) is 17.0. The lowest BCUT2D eigenvalue weighted by atomic mass is 9.73. The number of rotatable bonds is 3. The molecular formula is C18H16BrF2N3. The van der Waals surface area contributed by atoms with Gasteiger partial charge in [-0.3, -0.25) is 4.99 Å². The summed E-state index contributed by atoms with van der Waals surface area (Å²) in [6.45, 7) is 0. The zero-order valence-electron chi connectivity index (χ0n) is 12.7. The van der Waals surface area contributed by atoms with E-state index in [0.29, 0.717) is 4.48 Å². The molecule has 0 fully saturated rings. The topological polar surface area (TPSA) is 64.4 Å². The largest absolute Gasteiger partial charge is 0.318 e. The Bertz CT molecular complexity index is 741. The maximum absolute atomic E-state index is 13.3. The fourth-order valence-corrected chi connectivity index (χ4v) is 3.49. The summed E-state index contributed by atoms with van der Waals surface area (Å²) >= 11 is 3.38. The number of dihydropyridines is 1. The molecule has 0 radical (unpaired) electrons. The lowest BCUT2D eigenvalue weighted by Crippen LogP contribution is -2.58. The summed E-state index contributed by atoms with van der Waals surface area (Å²) < 4.78 is 27.4. The summed E-state index contributed by atoms with van der Waals surface area (Å²) in [7, 11) is 0. The highest BCUT2D eigenvalue weighted by atomic mass is 79.9. The van der Waals surface area contributed by atoms with Gasteiger partial charge in [-0.2, -0.15) is 0 Å². The second kappa shape index (κ2) is 6.55. The quantitative estimate of drug-likeness (QED) is 0.841. The van der Waals surface area contributed by atoms with E-state index in [1.165, 1.54) is 24.3 Å². The summed E-state index contributed by atoms with van der Waals surface area (Å²) in [6.07, 6.45) is 2.70. The number of nitrogens with two attached hydrogens (primary N) is 2. The Hall–Kier alpha value is -1.89. The van der Waals surface area contributed by atoms with E-state index in [0.717, 1.165) is 11.1 Å². The SMILES string of the molecule is NC1N=CC(Br)=CC1(N)C(c1ccc(F)cc1)c1ccc(F)cc1. The Morgan fingerprint density at radius 3 is 1.88 bits per heavy atom. The lowest BCUT2D eigenvalue weighted by molar-refractivity contribution is 0.384. The Labute approximate surface area is 147 Å². The molecule has 6 heteroatoms. The van der Waals surface area contributed by atoms with Crippen LogP contribution in [0.4, 0.5) is 8.78 Å². The zero-order chi connectivity index (χ0) is 17.3. The van der Waals surface area contributed by atoms with Crippen molar-refractivity contribution in [1.82, 2.24) is 0 Å². The van der Waals surface area contributed by atoms with Gasteiger partial charge in [0.1, 0.15) is 17.8 Å². The number of hydrogen-bond acceptors (Lipinski definition) is 3. The molecule has 3 nitrogen and oxygen atoms in total. The molecule has 24 heavy (non-hydrogen) atoms. The van der Waals surface area contributed by atoms with Crippen LogP contribution in [0, 0.1) is 11.6 Å². The van der Waals surface area contributed by atoms with Gasteiger partial charge in [0.05, 0.1) is 5.54 Å². The highest BCUT2D eigenvalue weighted by Gasteiger charge is 2.42. The van der Waals surface area contributed by atoms with Gasteiger partial charge < -0.3 is 11.5 Å². The molecule has 1 heterocycles. The molecule has 3 rings (SSSR count). The van der Waals surface area contributed by atoms with Gasteiger partial charge in [0.15, 0.2) is 0 Å². The van der Waals surface area contributed by atoms with Gasteiger partial charge in [-0.1, -0.05) is 24.3 Å². The second-order valence-electron chi connectivity index (χ2n) is 5.79. The molecule has 0 aliphatic carbocycles. The normalized spacial score (nSPS) is 23.4. The minimum absolute atomic E-state index is 0.342. The minimum Gasteiger partial charge on any atom is -0.318 e. The first-order chi connectivity index (χ1) is 11.4. The first-order valence-corrected chi connectivity index (χ1v) is 8.16. The Morgan fingerprint density at radius 2 is 1.42 bits per heavy atom.